The van der Waals surface area contributed by atoms with Crippen LogP contribution in [0.1, 0.15) is 32.6 Å². The first-order chi connectivity index (χ1) is 7.56. The predicted octanol–water partition coefficient (Wildman–Crippen LogP) is -0.285. The molecule has 0 aromatic rings. The smallest absolute Gasteiger partial charge is 0.341 e. The van der Waals surface area contributed by atoms with E-state index in [2.05, 4.69) is 0 Å². The van der Waals surface area contributed by atoms with E-state index in [1.54, 1.807) is 0 Å². The van der Waals surface area contributed by atoms with Crippen molar-refractivity contribution >= 4 is 11.9 Å². The van der Waals surface area contributed by atoms with E-state index in [0.717, 1.165) is 19.3 Å². The molecule has 2 atom stereocenters. The maximum Gasteiger partial charge on any atom is 0.341 e. The summed E-state index contributed by atoms with van der Waals surface area (Å²) in [6.07, 6.45) is -1.68. The van der Waals surface area contributed by atoms with Gasteiger partial charge >= 0.3 is 11.9 Å². The first kappa shape index (κ1) is 12.9. The number of hydrogen-bond acceptors (Lipinski definition) is 6. The van der Waals surface area contributed by atoms with Crippen LogP contribution in [0.25, 0.3) is 0 Å². The van der Waals surface area contributed by atoms with Gasteiger partial charge in [0.05, 0.1) is 0 Å². The van der Waals surface area contributed by atoms with E-state index in [-0.39, 0.29) is 0 Å². The molecule has 1 rings (SSSR count). The summed E-state index contributed by atoms with van der Waals surface area (Å²) in [5.74, 6) is -2.06. The molecule has 1 heterocycles. The molecule has 1 fully saturated rings. The summed E-state index contributed by atoms with van der Waals surface area (Å²) in [6, 6.07) is 0. The standard InChI is InChI=1S/C10H16O6/c1-2-3-4-5-6-15-9(13)7(11)8(12)10(14)16-6/h6-8,11-12H,2-5H2,1H3. The van der Waals surface area contributed by atoms with Crippen LogP contribution >= 0.6 is 0 Å². The van der Waals surface area contributed by atoms with Crippen LogP contribution in [0.2, 0.25) is 0 Å². The zero-order chi connectivity index (χ0) is 12.1. The summed E-state index contributed by atoms with van der Waals surface area (Å²) in [4.78, 5) is 22.3. The van der Waals surface area contributed by atoms with Crippen molar-refractivity contribution in [2.75, 3.05) is 0 Å². The number of carbonyl (C=O) groups excluding carboxylic acids is 2. The molecular formula is C10H16O6. The van der Waals surface area contributed by atoms with Crippen LogP contribution in [0.5, 0.6) is 0 Å². The SMILES string of the molecule is CCCCCC1OC(=O)C(O)C(O)C(=O)O1. The lowest BCUT2D eigenvalue weighted by atomic mass is 10.2. The van der Waals surface area contributed by atoms with E-state index in [9.17, 15) is 9.59 Å². The monoisotopic (exact) mass is 232 g/mol. The van der Waals surface area contributed by atoms with Crippen molar-refractivity contribution in [3.05, 3.63) is 0 Å². The van der Waals surface area contributed by atoms with Crippen molar-refractivity contribution in [2.24, 2.45) is 0 Å². The molecule has 1 aliphatic rings. The Bertz CT molecular complexity index is 242. The fourth-order valence-electron chi connectivity index (χ4n) is 1.36. The molecule has 1 aliphatic heterocycles. The van der Waals surface area contributed by atoms with Gasteiger partial charge in [-0.05, 0) is 6.42 Å². The molecule has 0 saturated carbocycles. The van der Waals surface area contributed by atoms with Gasteiger partial charge in [-0.2, -0.15) is 0 Å². The van der Waals surface area contributed by atoms with Crippen LogP contribution in [0.3, 0.4) is 0 Å². The van der Waals surface area contributed by atoms with Gasteiger partial charge in [0.15, 0.2) is 12.2 Å². The second-order valence-electron chi connectivity index (χ2n) is 3.69. The molecular weight excluding hydrogens is 216 g/mol. The number of rotatable bonds is 4. The summed E-state index contributed by atoms with van der Waals surface area (Å²) in [5.41, 5.74) is 0. The van der Waals surface area contributed by atoms with Crippen LogP contribution in [0.4, 0.5) is 0 Å². The molecule has 1 saturated heterocycles. The van der Waals surface area contributed by atoms with Crippen molar-refractivity contribution in [2.45, 2.75) is 51.1 Å². The summed E-state index contributed by atoms with van der Waals surface area (Å²) in [5, 5.41) is 18.3. The number of aliphatic hydroxyl groups excluding tert-OH is 2. The Morgan fingerprint density at radius 1 is 1.06 bits per heavy atom. The Kier molecular flexibility index (Phi) is 4.70. The average molecular weight is 232 g/mol. The van der Waals surface area contributed by atoms with Crippen LogP contribution < -0.4 is 0 Å². The Morgan fingerprint density at radius 2 is 1.56 bits per heavy atom. The van der Waals surface area contributed by atoms with Crippen molar-refractivity contribution in [3.8, 4) is 0 Å². The molecule has 0 bridgehead atoms. The molecule has 2 unspecified atom stereocenters. The lowest BCUT2D eigenvalue weighted by molar-refractivity contribution is -0.184. The molecule has 0 amide bonds. The fraction of sp³-hybridized carbons (Fsp3) is 0.800. The summed E-state index contributed by atoms with van der Waals surface area (Å²) in [6.45, 7) is 2.01. The van der Waals surface area contributed by atoms with Crippen LogP contribution in [-0.4, -0.2) is 40.6 Å². The molecule has 0 spiro atoms. The highest BCUT2D eigenvalue weighted by molar-refractivity contribution is 5.86. The fourth-order valence-corrected chi connectivity index (χ4v) is 1.36. The molecule has 6 heteroatoms. The van der Waals surface area contributed by atoms with Gasteiger partial charge in [0.25, 0.3) is 0 Å². The van der Waals surface area contributed by atoms with Gasteiger partial charge in [-0.1, -0.05) is 19.8 Å². The van der Waals surface area contributed by atoms with E-state index in [1.807, 2.05) is 6.92 Å². The second-order valence-corrected chi connectivity index (χ2v) is 3.69. The summed E-state index contributed by atoms with van der Waals surface area (Å²) in [7, 11) is 0. The number of unbranched alkanes of at least 4 members (excludes halogenated alkanes) is 2. The van der Waals surface area contributed by atoms with Crippen LogP contribution in [-0.2, 0) is 19.1 Å². The summed E-state index contributed by atoms with van der Waals surface area (Å²) >= 11 is 0. The minimum atomic E-state index is -1.86. The lowest BCUT2D eigenvalue weighted by Crippen LogP contribution is -2.38. The molecule has 0 aliphatic carbocycles. The molecule has 0 aromatic heterocycles. The third kappa shape index (κ3) is 3.18. The van der Waals surface area contributed by atoms with Crippen molar-refractivity contribution < 1.29 is 29.3 Å². The lowest BCUT2D eigenvalue weighted by Gasteiger charge is -2.14. The Hall–Kier alpha value is -1.14. The number of carbonyl (C=O) groups is 2. The quantitative estimate of drug-likeness (QED) is 0.511. The Balaban J connectivity index is 2.54. The zero-order valence-corrected chi connectivity index (χ0v) is 9.09. The topological polar surface area (TPSA) is 93.1 Å². The van der Waals surface area contributed by atoms with Gasteiger partial charge in [-0.15, -0.1) is 0 Å². The van der Waals surface area contributed by atoms with Crippen molar-refractivity contribution in [1.82, 2.24) is 0 Å². The first-order valence-corrected chi connectivity index (χ1v) is 5.33. The molecule has 16 heavy (non-hydrogen) atoms. The van der Waals surface area contributed by atoms with E-state index >= 15 is 0 Å². The predicted molar refractivity (Wildman–Crippen MR) is 52.1 cm³/mol. The Labute approximate surface area is 93.2 Å². The van der Waals surface area contributed by atoms with Gasteiger partial charge in [0.2, 0.25) is 6.29 Å². The largest absolute Gasteiger partial charge is 0.423 e. The van der Waals surface area contributed by atoms with Crippen molar-refractivity contribution in [1.29, 1.82) is 0 Å². The molecule has 0 radical (unpaired) electrons. The highest BCUT2D eigenvalue weighted by atomic mass is 16.7. The maximum absolute atomic E-state index is 11.1. The third-order valence-electron chi connectivity index (χ3n) is 2.32. The van der Waals surface area contributed by atoms with Crippen molar-refractivity contribution in [3.63, 3.8) is 0 Å². The van der Waals surface area contributed by atoms with Gasteiger partial charge in [0, 0.05) is 6.42 Å². The van der Waals surface area contributed by atoms with Crippen LogP contribution in [0, 0.1) is 0 Å². The average Bonchev–Trinajstić information content (AvgIpc) is 2.33. The normalized spacial score (nSPS) is 30.6. The third-order valence-corrected chi connectivity index (χ3v) is 2.32. The Morgan fingerprint density at radius 3 is 2.00 bits per heavy atom. The van der Waals surface area contributed by atoms with E-state index in [0.29, 0.717) is 6.42 Å². The highest BCUT2D eigenvalue weighted by Gasteiger charge is 2.39. The highest BCUT2D eigenvalue weighted by Crippen LogP contribution is 2.15. The second kappa shape index (κ2) is 5.81. The van der Waals surface area contributed by atoms with E-state index < -0.39 is 30.4 Å². The van der Waals surface area contributed by atoms with Gasteiger partial charge in [0.1, 0.15) is 0 Å². The van der Waals surface area contributed by atoms with Gasteiger partial charge in [-0.3, -0.25) is 0 Å². The number of esters is 2. The number of cyclic esters (lactones) is 2. The molecule has 2 N–H and O–H groups in total. The zero-order valence-electron chi connectivity index (χ0n) is 9.09. The molecule has 92 valence electrons. The minimum Gasteiger partial charge on any atom is -0.423 e. The summed E-state index contributed by atoms with van der Waals surface area (Å²) < 4.78 is 9.44. The minimum absolute atomic E-state index is 0.380. The van der Waals surface area contributed by atoms with Gasteiger partial charge in [-0.25, -0.2) is 9.59 Å². The maximum atomic E-state index is 11.1. The van der Waals surface area contributed by atoms with E-state index in [4.69, 9.17) is 19.7 Å². The molecule has 6 nitrogen and oxygen atoms in total. The van der Waals surface area contributed by atoms with Gasteiger partial charge < -0.3 is 19.7 Å². The van der Waals surface area contributed by atoms with E-state index in [1.165, 1.54) is 0 Å². The van der Waals surface area contributed by atoms with Crippen LogP contribution in [0.15, 0.2) is 0 Å². The number of hydrogen-bond donors (Lipinski definition) is 2. The molecule has 0 aromatic carbocycles. The number of ether oxygens (including phenoxy) is 2. The number of aliphatic hydroxyl groups is 2. The first-order valence-electron chi connectivity index (χ1n) is 5.33.